The highest BCUT2D eigenvalue weighted by Crippen LogP contribution is 2.12. The topological polar surface area (TPSA) is 141 Å². The Kier molecular flexibility index (Phi) is 6.89. The second kappa shape index (κ2) is 8.42. The van der Waals surface area contributed by atoms with E-state index < -0.39 is 5.54 Å². The third-order valence-corrected chi connectivity index (χ3v) is 3.04. The quantitative estimate of drug-likeness (QED) is 0.107. The van der Waals surface area contributed by atoms with Crippen molar-refractivity contribution in [3.05, 3.63) is 29.8 Å². The highest BCUT2D eigenvalue weighted by Gasteiger charge is 2.26. The molecule has 1 aromatic rings. The predicted molar refractivity (Wildman–Crippen MR) is 76.4 cm³/mol. The summed E-state index contributed by atoms with van der Waals surface area (Å²) in [5.41, 5.74) is 4.90. The Balaban J connectivity index is 2.43. The van der Waals surface area contributed by atoms with E-state index in [4.69, 9.17) is 31.0 Å². The number of hydrogen-bond acceptors (Lipinski definition) is 7. The summed E-state index contributed by atoms with van der Waals surface area (Å²) in [7, 11) is 0. The van der Waals surface area contributed by atoms with Crippen LogP contribution in [0.5, 0.6) is 5.75 Å². The lowest BCUT2D eigenvalue weighted by molar-refractivity contribution is 0.0405. The van der Waals surface area contributed by atoms with Gasteiger partial charge in [0.2, 0.25) is 0 Å². The van der Waals surface area contributed by atoms with E-state index in [1.165, 1.54) is 0 Å². The van der Waals surface area contributed by atoms with E-state index in [-0.39, 0.29) is 32.3 Å². The SMILES string of the molecule is N/C(=N/O)c1ccc(OCCNC(CO)(CO)CO)cc1. The molecule has 0 saturated carbocycles. The molecule has 0 saturated heterocycles. The number of nitrogens with two attached hydrogens (primary N) is 1. The molecule has 21 heavy (non-hydrogen) atoms. The Bertz CT molecular complexity index is 437. The summed E-state index contributed by atoms with van der Waals surface area (Å²) in [6, 6.07) is 6.64. The van der Waals surface area contributed by atoms with Crippen LogP contribution in [0, 0.1) is 0 Å². The van der Waals surface area contributed by atoms with Crippen LogP contribution in [0.15, 0.2) is 29.4 Å². The maximum absolute atomic E-state index is 9.13. The van der Waals surface area contributed by atoms with Crippen LogP contribution in [0.3, 0.4) is 0 Å². The molecule has 0 aromatic heterocycles. The van der Waals surface area contributed by atoms with Gasteiger partial charge in [0.1, 0.15) is 12.4 Å². The maximum Gasteiger partial charge on any atom is 0.170 e. The Morgan fingerprint density at radius 3 is 2.19 bits per heavy atom. The first-order chi connectivity index (χ1) is 10.1. The Hall–Kier alpha value is -1.87. The standard InChI is InChI=1S/C13H21N3O5/c14-12(16-20)10-1-3-11(4-2-10)21-6-5-15-13(7-17,8-18)9-19/h1-4,15,17-20H,5-9H2,(H2,14,16). The molecule has 8 nitrogen and oxygen atoms in total. The van der Waals surface area contributed by atoms with E-state index in [1.807, 2.05) is 0 Å². The fraction of sp³-hybridized carbons (Fsp3) is 0.462. The van der Waals surface area contributed by atoms with Crippen LogP contribution in [0.4, 0.5) is 0 Å². The van der Waals surface area contributed by atoms with Crippen molar-refractivity contribution in [3.8, 4) is 5.75 Å². The maximum atomic E-state index is 9.13. The molecule has 1 rings (SSSR count). The van der Waals surface area contributed by atoms with Crippen LogP contribution < -0.4 is 15.8 Å². The van der Waals surface area contributed by atoms with Gasteiger partial charge in [-0.1, -0.05) is 5.16 Å². The molecular weight excluding hydrogens is 278 g/mol. The van der Waals surface area contributed by atoms with E-state index in [2.05, 4.69) is 10.5 Å². The number of nitrogens with zero attached hydrogens (tertiary/aromatic N) is 1. The van der Waals surface area contributed by atoms with Crippen molar-refractivity contribution in [2.45, 2.75) is 5.54 Å². The van der Waals surface area contributed by atoms with Crippen LogP contribution in [0.2, 0.25) is 0 Å². The number of rotatable bonds is 9. The number of ether oxygens (including phenoxy) is 1. The van der Waals surface area contributed by atoms with Gasteiger partial charge in [0.25, 0.3) is 0 Å². The molecule has 118 valence electrons. The molecular formula is C13H21N3O5. The number of oxime groups is 1. The van der Waals surface area contributed by atoms with Crippen LogP contribution in [-0.4, -0.2) is 64.9 Å². The zero-order valence-corrected chi connectivity index (χ0v) is 11.6. The highest BCUT2D eigenvalue weighted by molar-refractivity contribution is 5.97. The van der Waals surface area contributed by atoms with Crippen molar-refractivity contribution in [3.63, 3.8) is 0 Å². The van der Waals surface area contributed by atoms with Gasteiger partial charge in [0, 0.05) is 12.1 Å². The summed E-state index contributed by atoms with van der Waals surface area (Å²) in [5, 5.41) is 41.7. The first-order valence-electron chi connectivity index (χ1n) is 6.39. The summed E-state index contributed by atoms with van der Waals surface area (Å²) < 4.78 is 5.45. The normalized spacial score (nSPS) is 12.4. The number of amidine groups is 1. The molecule has 0 aliphatic heterocycles. The number of aliphatic hydroxyl groups is 3. The number of benzene rings is 1. The van der Waals surface area contributed by atoms with Crippen molar-refractivity contribution >= 4 is 5.84 Å². The third kappa shape index (κ3) is 4.87. The Morgan fingerprint density at radius 1 is 1.14 bits per heavy atom. The van der Waals surface area contributed by atoms with Gasteiger partial charge in [-0.15, -0.1) is 0 Å². The van der Waals surface area contributed by atoms with E-state index in [0.29, 0.717) is 17.9 Å². The monoisotopic (exact) mass is 299 g/mol. The molecule has 0 amide bonds. The van der Waals surface area contributed by atoms with Crippen LogP contribution in [0.1, 0.15) is 5.56 Å². The second-order valence-electron chi connectivity index (χ2n) is 4.54. The van der Waals surface area contributed by atoms with Gasteiger partial charge in [-0.05, 0) is 24.3 Å². The molecule has 0 bridgehead atoms. The van der Waals surface area contributed by atoms with Crippen LogP contribution >= 0.6 is 0 Å². The summed E-state index contributed by atoms with van der Waals surface area (Å²) in [4.78, 5) is 0. The average molecular weight is 299 g/mol. The molecule has 8 heteroatoms. The molecule has 0 atom stereocenters. The number of aliphatic hydroxyl groups excluding tert-OH is 3. The summed E-state index contributed by atoms with van der Waals surface area (Å²) in [6.45, 7) is -0.522. The lowest BCUT2D eigenvalue weighted by Crippen LogP contribution is -2.55. The fourth-order valence-electron chi connectivity index (χ4n) is 1.58. The van der Waals surface area contributed by atoms with Crippen LogP contribution in [0.25, 0.3) is 0 Å². The highest BCUT2D eigenvalue weighted by atomic mass is 16.5. The van der Waals surface area contributed by atoms with Gasteiger partial charge in [0.05, 0.1) is 25.4 Å². The molecule has 0 heterocycles. The molecule has 7 N–H and O–H groups in total. The van der Waals surface area contributed by atoms with Crippen molar-refractivity contribution in [1.82, 2.24) is 5.32 Å². The zero-order valence-electron chi connectivity index (χ0n) is 11.6. The lowest BCUT2D eigenvalue weighted by Gasteiger charge is -2.28. The largest absolute Gasteiger partial charge is 0.492 e. The average Bonchev–Trinajstić information content (AvgIpc) is 2.55. The molecule has 0 unspecified atom stereocenters. The minimum Gasteiger partial charge on any atom is -0.492 e. The molecule has 0 aliphatic carbocycles. The van der Waals surface area contributed by atoms with Crippen molar-refractivity contribution in [1.29, 1.82) is 0 Å². The predicted octanol–water partition coefficient (Wildman–Crippen LogP) is -1.53. The minimum atomic E-state index is -1.11. The smallest absolute Gasteiger partial charge is 0.170 e. The van der Waals surface area contributed by atoms with Gasteiger partial charge in [-0.2, -0.15) is 0 Å². The summed E-state index contributed by atoms with van der Waals surface area (Å²) in [6.07, 6.45) is 0. The molecule has 1 aromatic carbocycles. The molecule has 0 fully saturated rings. The van der Waals surface area contributed by atoms with Gasteiger partial charge in [0.15, 0.2) is 5.84 Å². The van der Waals surface area contributed by atoms with Crippen molar-refractivity contribution in [2.24, 2.45) is 10.9 Å². The second-order valence-corrected chi connectivity index (χ2v) is 4.54. The van der Waals surface area contributed by atoms with Crippen LogP contribution in [-0.2, 0) is 0 Å². The van der Waals surface area contributed by atoms with Gasteiger partial charge < -0.3 is 36.3 Å². The molecule has 0 radical (unpaired) electrons. The summed E-state index contributed by atoms with van der Waals surface area (Å²) >= 11 is 0. The lowest BCUT2D eigenvalue weighted by atomic mass is 10.0. The molecule has 0 spiro atoms. The first-order valence-corrected chi connectivity index (χ1v) is 6.39. The number of nitrogens with one attached hydrogen (secondary N) is 1. The fourth-order valence-corrected chi connectivity index (χ4v) is 1.58. The Morgan fingerprint density at radius 2 is 1.71 bits per heavy atom. The number of hydrogen-bond donors (Lipinski definition) is 6. The van der Waals surface area contributed by atoms with Gasteiger partial charge in [-0.25, -0.2) is 0 Å². The zero-order chi connectivity index (χ0) is 15.7. The van der Waals surface area contributed by atoms with Gasteiger partial charge >= 0.3 is 0 Å². The summed E-state index contributed by atoms with van der Waals surface area (Å²) in [5.74, 6) is 0.607. The van der Waals surface area contributed by atoms with E-state index >= 15 is 0 Å². The van der Waals surface area contributed by atoms with E-state index in [9.17, 15) is 0 Å². The first kappa shape index (κ1) is 17.2. The van der Waals surface area contributed by atoms with Crippen molar-refractivity contribution in [2.75, 3.05) is 33.0 Å². The van der Waals surface area contributed by atoms with E-state index in [1.54, 1.807) is 24.3 Å². The minimum absolute atomic E-state index is 0.0156. The molecule has 0 aliphatic rings. The third-order valence-electron chi connectivity index (χ3n) is 3.04. The Labute approximate surface area is 122 Å². The van der Waals surface area contributed by atoms with Gasteiger partial charge in [-0.3, -0.25) is 0 Å². The van der Waals surface area contributed by atoms with Crippen molar-refractivity contribution < 1.29 is 25.3 Å². The van der Waals surface area contributed by atoms with E-state index in [0.717, 1.165) is 0 Å².